The van der Waals surface area contributed by atoms with Crippen LogP contribution in [0.4, 0.5) is 0 Å². The summed E-state index contributed by atoms with van der Waals surface area (Å²) in [7, 11) is 0. The molecule has 0 unspecified atom stereocenters. The van der Waals surface area contributed by atoms with Crippen molar-refractivity contribution in [3.05, 3.63) is 12.2 Å². The van der Waals surface area contributed by atoms with Crippen LogP contribution >= 0.6 is 0 Å². The van der Waals surface area contributed by atoms with Crippen molar-refractivity contribution in [3.8, 4) is 0 Å². The second-order valence-electron chi connectivity index (χ2n) is 3.26. The largest absolute Gasteiger partial charge is 0.389 e. The topological polar surface area (TPSA) is 43.7 Å². The highest BCUT2D eigenvalue weighted by Gasteiger charge is 2.38. The molecule has 1 saturated heterocycles. The van der Waals surface area contributed by atoms with E-state index >= 15 is 0 Å². The third-order valence-electron chi connectivity index (χ3n) is 2.50. The van der Waals surface area contributed by atoms with Crippen LogP contribution in [0.25, 0.3) is 0 Å². The molecule has 2 aliphatic heterocycles. The lowest BCUT2D eigenvalue weighted by atomic mass is 10.1. The van der Waals surface area contributed by atoms with Gasteiger partial charge in [-0.05, 0) is 6.42 Å². The lowest BCUT2D eigenvalue weighted by Crippen LogP contribution is -2.36. The molecule has 0 spiro atoms. The van der Waals surface area contributed by atoms with Crippen LogP contribution in [0.5, 0.6) is 0 Å². The number of aliphatic hydroxyl groups is 2. The molecule has 0 aromatic heterocycles. The van der Waals surface area contributed by atoms with Crippen molar-refractivity contribution >= 4 is 0 Å². The zero-order valence-electron chi connectivity index (χ0n) is 6.35. The van der Waals surface area contributed by atoms with Crippen LogP contribution in [0, 0.1) is 0 Å². The zero-order valence-corrected chi connectivity index (χ0v) is 6.35. The van der Waals surface area contributed by atoms with Gasteiger partial charge in [0.25, 0.3) is 0 Å². The van der Waals surface area contributed by atoms with Crippen molar-refractivity contribution in [1.29, 1.82) is 0 Å². The third kappa shape index (κ3) is 1.09. The Morgan fingerprint density at radius 1 is 1.36 bits per heavy atom. The summed E-state index contributed by atoms with van der Waals surface area (Å²) in [5, 5.41) is 18.8. The Bertz CT molecular complexity index is 181. The first kappa shape index (κ1) is 7.28. The molecule has 11 heavy (non-hydrogen) atoms. The summed E-state index contributed by atoms with van der Waals surface area (Å²) in [6.07, 6.45) is 3.97. The van der Waals surface area contributed by atoms with E-state index < -0.39 is 12.2 Å². The number of hydrogen-bond donors (Lipinski definition) is 2. The van der Waals surface area contributed by atoms with Gasteiger partial charge in [-0.3, -0.25) is 4.90 Å². The van der Waals surface area contributed by atoms with Gasteiger partial charge in [-0.2, -0.15) is 0 Å². The van der Waals surface area contributed by atoms with Gasteiger partial charge < -0.3 is 10.2 Å². The molecule has 1 fully saturated rings. The summed E-state index contributed by atoms with van der Waals surface area (Å²) in [5.41, 5.74) is 0. The van der Waals surface area contributed by atoms with E-state index in [9.17, 15) is 10.2 Å². The third-order valence-corrected chi connectivity index (χ3v) is 2.50. The highest BCUT2D eigenvalue weighted by atomic mass is 16.3. The lowest BCUT2D eigenvalue weighted by Gasteiger charge is -2.25. The normalized spacial score (nSPS) is 44.4. The van der Waals surface area contributed by atoms with Gasteiger partial charge in [0.2, 0.25) is 0 Å². The number of fused-ring (bicyclic) bond motifs is 1. The van der Waals surface area contributed by atoms with Crippen LogP contribution in [-0.4, -0.2) is 46.5 Å². The van der Waals surface area contributed by atoms with Crippen molar-refractivity contribution in [2.45, 2.75) is 24.7 Å². The fraction of sp³-hybridized carbons (Fsp3) is 0.750. The predicted octanol–water partition coefficient (Wildman–Crippen LogP) is -0.648. The molecule has 3 atom stereocenters. The Labute approximate surface area is 65.9 Å². The summed E-state index contributed by atoms with van der Waals surface area (Å²) in [6, 6.07) is 0.0683. The minimum atomic E-state index is -0.577. The number of hydrogen-bond acceptors (Lipinski definition) is 3. The summed E-state index contributed by atoms with van der Waals surface area (Å²) in [5.74, 6) is 0. The molecule has 0 amide bonds. The SMILES string of the molecule is O[C@@H]1[C@@H](O)CN2CCC=C[C@@H]12. The molecule has 0 aliphatic carbocycles. The molecule has 0 aromatic rings. The van der Waals surface area contributed by atoms with Crippen LogP contribution in [0.15, 0.2) is 12.2 Å². The van der Waals surface area contributed by atoms with Gasteiger partial charge in [-0.1, -0.05) is 12.2 Å². The summed E-state index contributed by atoms with van der Waals surface area (Å²) in [6.45, 7) is 1.59. The Kier molecular flexibility index (Phi) is 1.71. The van der Waals surface area contributed by atoms with Crippen molar-refractivity contribution in [3.63, 3.8) is 0 Å². The minimum Gasteiger partial charge on any atom is -0.389 e. The van der Waals surface area contributed by atoms with Gasteiger partial charge in [0.1, 0.15) is 6.10 Å². The van der Waals surface area contributed by atoms with Crippen molar-refractivity contribution in [1.82, 2.24) is 4.90 Å². The Balaban J connectivity index is 2.15. The van der Waals surface area contributed by atoms with E-state index in [1.165, 1.54) is 0 Å². The summed E-state index contributed by atoms with van der Waals surface area (Å²) < 4.78 is 0. The lowest BCUT2D eigenvalue weighted by molar-refractivity contribution is 0.0462. The van der Waals surface area contributed by atoms with Gasteiger partial charge >= 0.3 is 0 Å². The molecular formula is C8H13NO2. The molecule has 3 heteroatoms. The van der Waals surface area contributed by atoms with E-state index in [-0.39, 0.29) is 6.04 Å². The fourth-order valence-corrected chi connectivity index (χ4v) is 1.87. The standard InChI is InChI=1S/C8H13NO2/c10-7-5-9-4-2-1-3-6(9)8(7)11/h1,3,6-8,10-11H,2,4-5H2/t6-,7-,8-/m0/s1. The molecule has 2 heterocycles. The van der Waals surface area contributed by atoms with E-state index in [4.69, 9.17) is 0 Å². The zero-order chi connectivity index (χ0) is 7.84. The monoisotopic (exact) mass is 155 g/mol. The van der Waals surface area contributed by atoms with Crippen LogP contribution < -0.4 is 0 Å². The highest BCUT2D eigenvalue weighted by Crippen LogP contribution is 2.22. The van der Waals surface area contributed by atoms with Crippen LogP contribution in [0.3, 0.4) is 0 Å². The minimum absolute atomic E-state index is 0.0683. The van der Waals surface area contributed by atoms with Gasteiger partial charge in [0, 0.05) is 13.1 Å². The Hall–Kier alpha value is -0.380. The Morgan fingerprint density at radius 2 is 2.18 bits per heavy atom. The fourth-order valence-electron chi connectivity index (χ4n) is 1.87. The van der Waals surface area contributed by atoms with E-state index in [1.54, 1.807) is 0 Å². The maximum atomic E-state index is 9.45. The molecule has 0 saturated carbocycles. The second kappa shape index (κ2) is 2.59. The first-order chi connectivity index (χ1) is 5.29. The molecule has 0 radical (unpaired) electrons. The number of rotatable bonds is 0. The van der Waals surface area contributed by atoms with E-state index in [1.807, 2.05) is 6.08 Å². The summed E-state index contributed by atoms with van der Waals surface area (Å²) >= 11 is 0. The molecule has 2 N–H and O–H groups in total. The molecule has 3 nitrogen and oxygen atoms in total. The van der Waals surface area contributed by atoms with Crippen LogP contribution in [0.2, 0.25) is 0 Å². The number of aliphatic hydroxyl groups excluding tert-OH is 2. The van der Waals surface area contributed by atoms with Gasteiger partial charge in [0.15, 0.2) is 0 Å². The van der Waals surface area contributed by atoms with Crippen LogP contribution in [0.1, 0.15) is 6.42 Å². The highest BCUT2D eigenvalue weighted by molar-refractivity contribution is 5.08. The molecule has 2 rings (SSSR count). The number of nitrogens with zero attached hydrogens (tertiary/aromatic N) is 1. The van der Waals surface area contributed by atoms with Crippen molar-refractivity contribution in [2.24, 2.45) is 0 Å². The molecular weight excluding hydrogens is 142 g/mol. The van der Waals surface area contributed by atoms with E-state index in [2.05, 4.69) is 11.0 Å². The first-order valence-corrected chi connectivity index (χ1v) is 4.06. The maximum absolute atomic E-state index is 9.45. The average Bonchev–Trinajstić information content (AvgIpc) is 2.30. The first-order valence-electron chi connectivity index (χ1n) is 4.06. The molecule has 0 aromatic carbocycles. The van der Waals surface area contributed by atoms with E-state index in [0.717, 1.165) is 13.0 Å². The van der Waals surface area contributed by atoms with Gasteiger partial charge in [-0.25, -0.2) is 0 Å². The molecule has 2 aliphatic rings. The van der Waals surface area contributed by atoms with E-state index in [0.29, 0.717) is 6.54 Å². The van der Waals surface area contributed by atoms with Crippen molar-refractivity contribution in [2.75, 3.05) is 13.1 Å². The Morgan fingerprint density at radius 3 is 2.91 bits per heavy atom. The van der Waals surface area contributed by atoms with Gasteiger partial charge in [0.05, 0.1) is 12.1 Å². The second-order valence-corrected chi connectivity index (χ2v) is 3.26. The molecule has 62 valence electrons. The van der Waals surface area contributed by atoms with Crippen LogP contribution in [-0.2, 0) is 0 Å². The molecule has 0 bridgehead atoms. The van der Waals surface area contributed by atoms with Gasteiger partial charge in [-0.15, -0.1) is 0 Å². The van der Waals surface area contributed by atoms with Crippen molar-refractivity contribution < 1.29 is 10.2 Å². The predicted molar refractivity (Wildman–Crippen MR) is 41.1 cm³/mol. The average molecular weight is 155 g/mol. The quantitative estimate of drug-likeness (QED) is 0.457. The maximum Gasteiger partial charge on any atom is 0.100 e. The summed E-state index contributed by atoms with van der Waals surface area (Å²) in [4.78, 5) is 2.12. The smallest absolute Gasteiger partial charge is 0.100 e.